The molecule has 0 aliphatic rings. The zero-order valence-corrected chi connectivity index (χ0v) is 19.3. The van der Waals surface area contributed by atoms with Gasteiger partial charge in [0.05, 0.1) is 15.5 Å². The van der Waals surface area contributed by atoms with Gasteiger partial charge < -0.3 is 0 Å². The van der Waals surface area contributed by atoms with Crippen LogP contribution < -0.4 is 0 Å². The molecule has 31 heavy (non-hydrogen) atoms. The van der Waals surface area contributed by atoms with Crippen LogP contribution in [0, 0.1) is 24.0 Å². The van der Waals surface area contributed by atoms with Gasteiger partial charge >= 0.3 is 0 Å². The molecule has 0 aliphatic heterocycles. The first kappa shape index (κ1) is 21.1. The fraction of sp³-hybridized carbons (Fsp3) is 0.0833. The van der Waals surface area contributed by atoms with Gasteiger partial charge in [0.15, 0.2) is 0 Å². The molecule has 0 N–H and O–H groups in total. The molecule has 3 aromatic carbocycles. The number of aromatic nitrogens is 1. The van der Waals surface area contributed by atoms with E-state index >= 15 is 0 Å². The van der Waals surface area contributed by atoms with Gasteiger partial charge in [-0.1, -0.05) is 63.2 Å². The second-order valence-electron chi connectivity index (χ2n) is 7.11. The molecule has 154 valence electrons. The quantitative estimate of drug-likeness (QED) is 0.164. The van der Waals surface area contributed by atoms with E-state index in [1.807, 2.05) is 24.3 Å². The van der Waals surface area contributed by atoms with Crippen molar-refractivity contribution in [3.05, 3.63) is 98.0 Å². The number of halogens is 1. The van der Waals surface area contributed by atoms with Crippen molar-refractivity contribution in [2.24, 2.45) is 4.99 Å². The monoisotopic (exact) mass is 491 g/mol. The molecule has 0 atom stereocenters. The minimum absolute atomic E-state index is 0.0646. The van der Waals surface area contributed by atoms with Gasteiger partial charge in [-0.25, -0.2) is 9.98 Å². The molecule has 0 bridgehead atoms. The molecule has 7 heteroatoms. The van der Waals surface area contributed by atoms with Crippen LogP contribution in [0.25, 0.3) is 21.7 Å². The number of thiazole rings is 1. The third kappa shape index (κ3) is 4.78. The zero-order chi connectivity index (χ0) is 22.0. The van der Waals surface area contributed by atoms with E-state index in [4.69, 9.17) is 4.98 Å². The van der Waals surface area contributed by atoms with Crippen LogP contribution in [0.3, 0.4) is 0 Å². The number of hydrogen-bond donors (Lipinski definition) is 0. The van der Waals surface area contributed by atoms with Crippen LogP contribution in [0.2, 0.25) is 0 Å². The summed E-state index contributed by atoms with van der Waals surface area (Å²) in [5.41, 5.74) is 6.08. The van der Waals surface area contributed by atoms with Crippen molar-refractivity contribution in [2.75, 3.05) is 0 Å². The van der Waals surface area contributed by atoms with Gasteiger partial charge in [-0.05, 0) is 54.8 Å². The Labute approximate surface area is 192 Å². The molecule has 1 heterocycles. The third-order valence-electron chi connectivity index (χ3n) is 4.79. The second kappa shape index (κ2) is 8.91. The van der Waals surface area contributed by atoms with Crippen molar-refractivity contribution in [3.63, 3.8) is 0 Å². The highest BCUT2D eigenvalue weighted by Crippen LogP contribution is 2.41. The number of nitrogens with zero attached hydrogens (tertiary/aromatic N) is 3. The van der Waals surface area contributed by atoms with Crippen molar-refractivity contribution in [1.29, 1.82) is 0 Å². The molecule has 0 fully saturated rings. The standard InChI is InChI=1S/C24H18BrN3O2S/c1-15-3-12-21(16(2)13-15)22-23(18-6-10-20(11-7-18)28(29)30)31-24(27-22)26-14-17-4-8-19(25)9-5-17/h3-14H,1-2H3. The number of benzene rings is 3. The molecule has 0 unspecified atom stereocenters. The number of aliphatic imine (C=N–C) groups is 1. The van der Waals surface area contributed by atoms with Crippen LogP contribution >= 0.6 is 27.3 Å². The summed E-state index contributed by atoms with van der Waals surface area (Å²) in [6, 6.07) is 20.7. The summed E-state index contributed by atoms with van der Waals surface area (Å²) >= 11 is 4.90. The lowest BCUT2D eigenvalue weighted by Crippen LogP contribution is -1.89. The van der Waals surface area contributed by atoms with Gasteiger partial charge in [-0.2, -0.15) is 0 Å². The van der Waals surface area contributed by atoms with E-state index in [0.717, 1.165) is 37.3 Å². The maximum Gasteiger partial charge on any atom is 0.269 e. The Balaban J connectivity index is 1.79. The molecule has 0 radical (unpaired) electrons. The fourth-order valence-corrected chi connectivity index (χ4v) is 4.43. The van der Waals surface area contributed by atoms with Crippen LogP contribution in [0.5, 0.6) is 0 Å². The summed E-state index contributed by atoms with van der Waals surface area (Å²) in [5, 5.41) is 11.7. The summed E-state index contributed by atoms with van der Waals surface area (Å²) in [6.45, 7) is 4.12. The van der Waals surface area contributed by atoms with E-state index in [1.54, 1.807) is 18.3 Å². The highest BCUT2D eigenvalue weighted by atomic mass is 79.9. The Bertz CT molecular complexity index is 1280. The lowest BCUT2D eigenvalue weighted by Gasteiger charge is -2.07. The van der Waals surface area contributed by atoms with Crippen LogP contribution in [-0.2, 0) is 0 Å². The number of rotatable bonds is 5. The van der Waals surface area contributed by atoms with E-state index in [0.29, 0.717) is 5.13 Å². The largest absolute Gasteiger partial charge is 0.269 e. The molecule has 4 aromatic rings. The maximum absolute atomic E-state index is 11.0. The Kier molecular flexibility index (Phi) is 6.06. The van der Waals surface area contributed by atoms with E-state index in [2.05, 4.69) is 53.0 Å². The van der Waals surface area contributed by atoms with Crippen LogP contribution in [0.15, 0.2) is 76.2 Å². The van der Waals surface area contributed by atoms with Gasteiger partial charge in [0, 0.05) is 28.4 Å². The fourth-order valence-electron chi connectivity index (χ4n) is 3.23. The van der Waals surface area contributed by atoms with E-state index in [9.17, 15) is 10.1 Å². The normalized spacial score (nSPS) is 11.2. The molecule has 5 nitrogen and oxygen atoms in total. The van der Waals surface area contributed by atoms with Crippen molar-refractivity contribution in [2.45, 2.75) is 13.8 Å². The minimum Gasteiger partial charge on any atom is -0.258 e. The summed E-state index contributed by atoms with van der Waals surface area (Å²) in [4.78, 5) is 21.0. The first-order valence-electron chi connectivity index (χ1n) is 9.53. The van der Waals surface area contributed by atoms with Crippen molar-refractivity contribution in [1.82, 2.24) is 4.98 Å². The van der Waals surface area contributed by atoms with Gasteiger partial charge in [-0.15, -0.1) is 0 Å². The molecule has 0 amide bonds. The van der Waals surface area contributed by atoms with Crippen LogP contribution in [0.1, 0.15) is 16.7 Å². The number of hydrogen-bond acceptors (Lipinski definition) is 5. The number of nitro groups is 1. The SMILES string of the molecule is Cc1ccc(-c2nc(N=Cc3ccc(Br)cc3)sc2-c2ccc([N+](=O)[O-])cc2)c(C)c1. The first-order chi connectivity index (χ1) is 14.9. The van der Waals surface area contributed by atoms with Crippen molar-refractivity contribution < 1.29 is 4.92 Å². The molecule has 1 aromatic heterocycles. The van der Waals surface area contributed by atoms with Crippen molar-refractivity contribution in [3.8, 4) is 21.7 Å². The summed E-state index contributed by atoms with van der Waals surface area (Å²) < 4.78 is 1.01. The molecule has 0 saturated heterocycles. The Morgan fingerprint density at radius 2 is 1.74 bits per heavy atom. The van der Waals surface area contributed by atoms with Crippen LogP contribution in [0.4, 0.5) is 10.8 Å². The molecule has 4 rings (SSSR count). The molecular weight excluding hydrogens is 474 g/mol. The zero-order valence-electron chi connectivity index (χ0n) is 16.9. The third-order valence-corrected chi connectivity index (χ3v) is 6.33. The second-order valence-corrected chi connectivity index (χ2v) is 9.00. The molecule has 0 spiro atoms. The van der Waals surface area contributed by atoms with E-state index in [-0.39, 0.29) is 5.69 Å². The van der Waals surface area contributed by atoms with E-state index < -0.39 is 4.92 Å². The minimum atomic E-state index is -0.393. The van der Waals surface area contributed by atoms with Gasteiger partial charge in [-0.3, -0.25) is 10.1 Å². The number of non-ortho nitro benzene ring substituents is 1. The van der Waals surface area contributed by atoms with Crippen LogP contribution in [-0.4, -0.2) is 16.1 Å². The van der Waals surface area contributed by atoms with Crippen molar-refractivity contribution >= 4 is 44.3 Å². The van der Waals surface area contributed by atoms with Gasteiger partial charge in [0.1, 0.15) is 0 Å². The summed E-state index contributed by atoms with van der Waals surface area (Å²) in [6.07, 6.45) is 1.79. The summed E-state index contributed by atoms with van der Waals surface area (Å²) in [5.74, 6) is 0. The Morgan fingerprint density at radius 1 is 1.03 bits per heavy atom. The number of aryl methyl sites for hydroxylation is 2. The Morgan fingerprint density at radius 3 is 2.39 bits per heavy atom. The average molecular weight is 492 g/mol. The maximum atomic E-state index is 11.0. The molecular formula is C24H18BrN3O2S. The topological polar surface area (TPSA) is 68.4 Å². The Hall–Kier alpha value is -3.16. The highest BCUT2D eigenvalue weighted by Gasteiger charge is 2.17. The molecule has 0 saturated carbocycles. The smallest absolute Gasteiger partial charge is 0.258 e. The predicted octanol–water partition coefficient (Wildman–Crippen LogP) is 7.52. The highest BCUT2D eigenvalue weighted by molar-refractivity contribution is 9.10. The lowest BCUT2D eigenvalue weighted by atomic mass is 10.0. The predicted molar refractivity (Wildman–Crippen MR) is 131 cm³/mol. The summed E-state index contributed by atoms with van der Waals surface area (Å²) in [7, 11) is 0. The lowest BCUT2D eigenvalue weighted by molar-refractivity contribution is -0.384. The van der Waals surface area contributed by atoms with Gasteiger partial charge in [0.25, 0.3) is 5.69 Å². The van der Waals surface area contributed by atoms with E-state index in [1.165, 1.54) is 29.0 Å². The molecule has 0 aliphatic carbocycles. The van der Waals surface area contributed by atoms with Gasteiger partial charge in [0.2, 0.25) is 5.13 Å². The number of nitro benzene ring substituents is 1. The average Bonchev–Trinajstić information content (AvgIpc) is 3.17. The first-order valence-corrected chi connectivity index (χ1v) is 11.1.